The van der Waals surface area contributed by atoms with E-state index in [0.29, 0.717) is 5.76 Å². The van der Waals surface area contributed by atoms with Crippen molar-refractivity contribution in [3.63, 3.8) is 0 Å². The molecule has 0 saturated heterocycles. The molecule has 4 N–H and O–H groups in total. The molecule has 0 radical (unpaired) electrons. The van der Waals surface area contributed by atoms with E-state index in [1.807, 2.05) is 0 Å². The number of hydrogen-bond acceptors (Lipinski definition) is 5. The number of aryl methyl sites for hydroxylation is 1. The molecule has 0 atom stereocenters. The minimum absolute atomic E-state index is 0.407. The molecule has 0 amide bonds. The molecule has 5 nitrogen and oxygen atoms in total. The normalized spacial score (nSPS) is 11.4. The van der Waals surface area contributed by atoms with Gasteiger partial charge in [0.15, 0.2) is 0 Å². The third-order valence-electron chi connectivity index (χ3n) is 4.34. The maximum atomic E-state index is 9.09. The first-order valence-corrected chi connectivity index (χ1v) is 9.63. The molecule has 0 spiro atoms. The molecule has 1 rings (SSSR count). The largest absolute Gasteiger partial charge is 0.393 e. The van der Waals surface area contributed by atoms with E-state index >= 15 is 0 Å². The average Bonchev–Trinajstić information content (AvgIpc) is 3.09. The van der Waals surface area contributed by atoms with Crippen LogP contribution in [0.1, 0.15) is 82.6 Å². The van der Waals surface area contributed by atoms with Gasteiger partial charge in [0.1, 0.15) is 5.54 Å². The fourth-order valence-corrected chi connectivity index (χ4v) is 2.60. The molecule has 0 fully saturated rings. The third-order valence-corrected chi connectivity index (χ3v) is 4.34. The van der Waals surface area contributed by atoms with Gasteiger partial charge in [-0.15, -0.1) is 0 Å². The number of unbranched alkanes of at least 4 members (excludes halogenated alkanes) is 9. The lowest BCUT2D eigenvalue weighted by Gasteiger charge is -2.15. The van der Waals surface area contributed by atoms with Crippen molar-refractivity contribution < 1.29 is 14.7 Å². The van der Waals surface area contributed by atoms with Crippen LogP contribution in [0.5, 0.6) is 0 Å². The van der Waals surface area contributed by atoms with Crippen LogP contribution in [0.15, 0.2) is 10.6 Å². The predicted molar refractivity (Wildman–Crippen MR) is 100 cm³/mol. The number of rotatable bonds is 13. The minimum Gasteiger partial charge on any atom is -0.393 e. The number of aromatic nitrogens is 1. The first-order valence-electron chi connectivity index (χ1n) is 9.63. The van der Waals surface area contributed by atoms with E-state index in [0.717, 1.165) is 18.5 Å². The lowest BCUT2D eigenvalue weighted by Crippen LogP contribution is -2.45. The zero-order valence-electron chi connectivity index (χ0n) is 15.6. The average molecular weight is 351 g/mol. The summed E-state index contributed by atoms with van der Waals surface area (Å²) in [6, 6.07) is 1.80. The van der Waals surface area contributed by atoms with Crippen molar-refractivity contribution in [3.8, 4) is 11.8 Å². The van der Waals surface area contributed by atoms with Crippen molar-refractivity contribution in [2.75, 3.05) is 13.2 Å². The molecule has 1 heterocycles. The summed E-state index contributed by atoms with van der Waals surface area (Å²) in [7, 11) is 0. The molecule has 0 bridgehead atoms. The summed E-state index contributed by atoms with van der Waals surface area (Å²) in [6.07, 6.45) is 14.0. The highest BCUT2D eigenvalue weighted by atomic mass is 16.5. The molecule has 0 aliphatic carbocycles. The van der Waals surface area contributed by atoms with Crippen molar-refractivity contribution in [3.05, 3.63) is 17.5 Å². The molecule has 0 aliphatic rings. The summed E-state index contributed by atoms with van der Waals surface area (Å²) in [5.41, 5.74) is 5.27. The van der Waals surface area contributed by atoms with E-state index in [4.69, 9.17) is 20.5 Å². The van der Waals surface area contributed by atoms with Crippen LogP contribution in [-0.4, -0.2) is 34.1 Å². The SMILES string of the molecule is CCCCCCCCCCCCc1cc(C#CC(N)(CO)CO)on1. The molecule has 0 aliphatic heterocycles. The highest BCUT2D eigenvalue weighted by Gasteiger charge is 2.19. The maximum absolute atomic E-state index is 9.09. The monoisotopic (exact) mass is 350 g/mol. The highest BCUT2D eigenvalue weighted by Crippen LogP contribution is 2.12. The second-order valence-electron chi connectivity index (χ2n) is 6.84. The van der Waals surface area contributed by atoms with Gasteiger partial charge in [0.2, 0.25) is 5.76 Å². The van der Waals surface area contributed by atoms with Crippen molar-refractivity contribution >= 4 is 0 Å². The zero-order chi connectivity index (χ0) is 18.4. The van der Waals surface area contributed by atoms with Gasteiger partial charge in [-0.05, 0) is 18.8 Å². The van der Waals surface area contributed by atoms with Gasteiger partial charge in [-0.3, -0.25) is 0 Å². The summed E-state index contributed by atoms with van der Waals surface area (Å²) >= 11 is 0. The first kappa shape index (κ1) is 21.7. The Morgan fingerprint density at radius 1 is 1.00 bits per heavy atom. The van der Waals surface area contributed by atoms with E-state index in [1.165, 1.54) is 57.8 Å². The number of nitrogens with zero attached hydrogens (tertiary/aromatic N) is 1. The van der Waals surface area contributed by atoms with Gasteiger partial charge in [0.25, 0.3) is 0 Å². The van der Waals surface area contributed by atoms with Crippen molar-refractivity contribution in [2.45, 2.75) is 83.1 Å². The van der Waals surface area contributed by atoms with Gasteiger partial charge >= 0.3 is 0 Å². The van der Waals surface area contributed by atoms with E-state index in [1.54, 1.807) is 6.07 Å². The first-order chi connectivity index (χ1) is 12.1. The Hall–Kier alpha value is -1.35. The molecule has 142 valence electrons. The Kier molecular flexibility index (Phi) is 11.2. The van der Waals surface area contributed by atoms with Crippen LogP contribution in [0.2, 0.25) is 0 Å². The van der Waals surface area contributed by atoms with Crippen LogP contribution in [0.25, 0.3) is 0 Å². The Balaban J connectivity index is 2.15. The third kappa shape index (κ3) is 9.64. The Morgan fingerprint density at radius 2 is 1.56 bits per heavy atom. The predicted octanol–water partition coefficient (Wildman–Crippen LogP) is 3.17. The standard InChI is InChI=1S/C20H34N2O3/c1-2-3-4-5-6-7-8-9-10-11-12-18-15-19(25-22-18)13-14-20(21,16-23)17-24/h15,23-24H,2-12,16-17,21H2,1H3. The van der Waals surface area contributed by atoms with Gasteiger partial charge < -0.3 is 20.5 Å². The van der Waals surface area contributed by atoms with Crippen LogP contribution in [-0.2, 0) is 6.42 Å². The molecular weight excluding hydrogens is 316 g/mol. The maximum Gasteiger partial charge on any atom is 0.209 e. The van der Waals surface area contributed by atoms with E-state index in [2.05, 4.69) is 23.9 Å². The molecule has 0 saturated carbocycles. The highest BCUT2D eigenvalue weighted by molar-refractivity contribution is 5.30. The number of hydrogen-bond donors (Lipinski definition) is 3. The summed E-state index contributed by atoms with van der Waals surface area (Å²) in [6.45, 7) is 1.44. The molecule has 1 aromatic heterocycles. The summed E-state index contributed by atoms with van der Waals surface area (Å²) in [5, 5.41) is 22.2. The molecule has 25 heavy (non-hydrogen) atoms. The van der Waals surface area contributed by atoms with Gasteiger partial charge in [-0.2, -0.15) is 0 Å². The van der Waals surface area contributed by atoms with E-state index < -0.39 is 18.8 Å². The second-order valence-corrected chi connectivity index (χ2v) is 6.84. The van der Waals surface area contributed by atoms with Gasteiger partial charge in [-0.25, -0.2) is 0 Å². The Labute approximate surface area is 152 Å². The summed E-state index contributed by atoms with van der Waals surface area (Å²) in [4.78, 5) is 0. The molecule has 5 heteroatoms. The quantitative estimate of drug-likeness (QED) is 0.375. The summed E-state index contributed by atoms with van der Waals surface area (Å²) in [5.74, 6) is 5.77. The number of aliphatic hydroxyl groups is 2. The lowest BCUT2D eigenvalue weighted by atomic mass is 10.0. The minimum atomic E-state index is -1.30. The fraction of sp³-hybridized carbons (Fsp3) is 0.750. The van der Waals surface area contributed by atoms with Crippen LogP contribution >= 0.6 is 0 Å². The molecular formula is C20H34N2O3. The number of aliphatic hydroxyl groups excluding tert-OH is 2. The topological polar surface area (TPSA) is 92.5 Å². The summed E-state index contributed by atoms with van der Waals surface area (Å²) < 4.78 is 5.15. The van der Waals surface area contributed by atoms with Crippen LogP contribution in [0.4, 0.5) is 0 Å². The van der Waals surface area contributed by atoms with Crippen molar-refractivity contribution in [2.24, 2.45) is 5.73 Å². The second kappa shape index (κ2) is 12.9. The number of nitrogens with two attached hydrogens (primary N) is 1. The van der Waals surface area contributed by atoms with Crippen molar-refractivity contribution in [1.29, 1.82) is 0 Å². The van der Waals surface area contributed by atoms with Crippen LogP contribution in [0.3, 0.4) is 0 Å². The molecule has 0 unspecified atom stereocenters. The van der Waals surface area contributed by atoms with Gasteiger partial charge in [0.05, 0.1) is 18.9 Å². The Bertz CT molecular complexity index is 513. The zero-order valence-corrected chi connectivity index (χ0v) is 15.6. The van der Waals surface area contributed by atoms with Crippen LogP contribution in [0, 0.1) is 11.8 Å². The van der Waals surface area contributed by atoms with Gasteiger partial charge in [-0.1, -0.05) is 75.8 Å². The van der Waals surface area contributed by atoms with Gasteiger partial charge in [0, 0.05) is 6.07 Å². The Morgan fingerprint density at radius 3 is 2.12 bits per heavy atom. The lowest BCUT2D eigenvalue weighted by molar-refractivity contribution is 0.158. The smallest absolute Gasteiger partial charge is 0.209 e. The van der Waals surface area contributed by atoms with Crippen molar-refractivity contribution in [1.82, 2.24) is 5.16 Å². The van der Waals surface area contributed by atoms with Crippen LogP contribution < -0.4 is 5.73 Å². The fourth-order valence-electron chi connectivity index (χ4n) is 2.60. The molecule has 1 aromatic rings. The molecule has 0 aromatic carbocycles. The van der Waals surface area contributed by atoms with E-state index in [-0.39, 0.29) is 0 Å². The van der Waals surface area contributed by atoms with E-state index in [9.17, 15) is 0 Å².